The van der Waals surface area contributed by atoms with E-state index >= 15 is 0 Å². The van der Waals surface area contributed by atoms with Crippen molar-refractivity contribution in [1.29, 1.82) is 0 Å². The van der Waals surface area contributed by atoms with Gasteiger partial charge in [-0.25, -0.2) is 0 Å². The van der Waals surface area contributed by atoms with Gasteiger partial charge < -0.3 is 0 Å². The molecule has 1 rings (SSSR count). The Morgan fingerprint density at radius 1 is 0.586 bits per heavy atom. The number of hydrogen-bond donors (Lipinski definition) is 0. The van der Waals surface area contributed by atoms with E-state index < -0.39 is 13.6 Å². The van der Waals surface area contributed by atoms with Crippen LogP contribution in [-0.2, 0) is 16.2 Å². The van der Waals surface area contributed by atoms with Gasteiger partial charge in [-0.2, -0.15) is 0 Å². The average molecular weight is 463 g/mol. The predicted octanol–water partition coefficient (Wildman–Crippen LogP) is 9.13. The average Bonchev–Trinajstić information content (AvgIpc) is 2.47. The molecule has 0 atom stereocenters. The van der Waals surface area contributed by atoms with Crippen molar-refractivity contribution in [2.24, 2.45) is 0 Å². The molecule has 0 aliphatic carbocycles. The molecule has 0 fully saturated rings. The summed E-state index contributed by atoms with van der Waals surface area (Å²) in [5.74, 6) is 1.20. The van der Waals surface area contributed by atoms with Crippen molar-refractivity contribution in [1.82, 2.24) is 0 Å². The van der Waals surface area contributed by atoms with Crippen LogP contribution in [-0.4, -0.2) is 13.6 Å². The van der Waals surface area contributed by atoms with Gasteiger partial charge in [0.1, 0.15) is 0 Å². The molecule has 29 heavy (non-hydrogen) atoms. The molecule has 0 N–H and O–H groups in total. The van der Waals surface area contributed by atoms with Crippen LogP contribution in [0.2, 0.25) is 14.3 Å². The Hall–Kier alpha value is -0.437. The molecule has 0 aliphatic rings. The Kier molecular flexibility index (Phi) is 7.88. The molecule has 0 saturated carbocycles. The van der Waals surface area contributed by atoms with Crippen LogP contribution in [0.1, 0.15) is 121 Å². The first-order valence-corrected chi connectivity index (χ1v) is 16.1. The maximum atomic E-state index is 7.46. The van der Waals surface area contributed by atoms with E-state index in [0.29, 0.717) is 14.3 Å². The van der Waals surface area contributed by atoms with Crippen LogP contribution in [0.4, 0.5) is 0 Å². The second-order valence-corrected chi connectivity index (χ2v) is 24.3. The van der Waals surface area contributed by atoms with Gasteiger partial charge in [0, 0.05) is 0 Å². The van der Waals surface area contributed by atoms with Gasteiger partial charge in [-0.1, -0.05) is 0 Å². The zero-order chi connectivity index (χ0) is 23.2. The summed E-state index contributed by atoms with van der Waals surface area (Å²) < 4.78 is 9.28. The van der Waals surface area contributed by atoms with E-state index in [1.54, 1.807) is 0 Å². The van der Waals surface area contributed by atoms with Crippen molar-refractivity contribution in [3.05, 3.63) is 28.8 Å². The Morgan fingerprint density at radius 3 is 1.10 bits per heavy atom. The Bertz CT molecular complexity index is 634. The first kappa shape index (κ1) is 26.6. The van der Waals surface area contributed by atoms with Crippen LogP contribution in [0.15, 0.2) is 12.1 Å². The number of hydrogen-bond acceptors (Lipinski definition) is 1. The summed E-state index contributed by atoms with van der Waals surface area (Å²) in [6.07, 6.45) is 0. The van der Waals surface area contributed by atoms with Crippen molar-refractivity contribution < 1.29 is 3.76 Å². The second-order valence-electron chi connectivity index (χ2n) is 13.1. The van der Waals surface area contributed by atoms with Crippen LogP contribution in [0.5, 0.6) is 5.75 Å². The molecule has 0 bridgehead atoms. The summed E-state index contributed by atoms with van der Waals surface area (Å²) in [4.78, 5) is 0. The van der Waals surface area contributed by atoms with Gasteiger partial charge in [-0.3, -0.25) is 0 Å². The van der Waals surface area contributed by atoms with E-state index in [9.17, 15) is 0 Å². The standard InChI is InChI=1S/C27H50GeO/c1-18(2)28(19(3)4,20(5)6)29-24-22(26(10,11)12)16-21(25(7,8)9)17-23(24)27(13,14)15/h16-20H,1-15H3. The van der Waals surface area contributed by atoms with Gasteiger partial charge in [-0.05, 0) is 0 Å². The monoisotopic (exact) mass is 464 g/mol. The third kappa shape index (κ3) is 5.63. The molecule has 168 valence electrons. The summed E-state index contributed by atoms with van der Waals surface area (Å²) in [6.45, 7) is 35.4. The first-order valence-electron chi connectivity index (χ1n) is 11.6. The van der Waals surface area contributed by atoms with E-state index in [2.05, 4.69) is 116 Å². The van der Waals surface area contributed by atoms with Gasteiger partial charge in [-0.15, -0.1) is 0 Å². The summed E-state index contributed by atoms with van der Waals surface area (Å²) >= 11 is -2.70. The minimum atomic E-state index is -2.70. The zero-order valence-corrected chi connectivity index (χ0v) is 24.4. The molecule has 1 aromatic rings. The Labute approximate surface area is 186 Å². The molecule has 0 aromatic heterocycles. The molecule has 1 nitrogen and oxygen atoms in total. The molecular formula is C27H50GeO. The number of rotatable bonds is 5. The van der Waals surface area contributed by atoms with E-state index in [1.165, 1.54) is 22.4 Å². The molecule has 0 saturated heterocycles. The Morgan fingerprint density at radius 2 is 0.897 bits per heavy atom. The van der Waals surface area contributed by atoms with Crippen LogP contribution < -0.4 is 3.76 Å². The molecular weight excluding hydrogens is 413 g/mol. The van der Waals surface area contributed by atoms with Crippen LogP contribution in [0.25, 0.3) is 0 Å². The topological polar surface area (TPSA) is 9.23 Å². The van der Waals surface area contributed by atoms with Crippen LogP contribution in [0, 0.1) is 0 Å². The molecule has 0 aliphatic heterocycles. The van der Waals surface area contributed by atoms with Crippen molar-refractivity contribution in [3.63, 3.8) is 0 Å². The fraction of sp³-hybridized carbons (Fsp3) is 0.778. The molecule has 2 heteroatoms. The van der Waals surface area contributed by atoms with E-state index in [4.69, 9.17) is 3.76 Å². The zero-order valence-electron chi connectivity index (χ0n) is 22.3. The molecule has 0 heterocycles. The van der Waals surface area contributed by atoms with Gasteiger partial charge in [0.15, 0.2) is 0 Å². The molecule has 1 aromatic carbocycles. The van der Waals surface area contributed by atoms with Crippen molar-refractivity contribution >= 4 is 13.6 Å². The van der Waals surface area contributed by atoms with Crippen molar-refractivity contribution in [2.75, 3.05) is 0 Å². The van der Waals surface area contributed by atoms with E-state index in [0.717, 1.165) is 0 Å². The predicted molar refractivity (Wildman–Crippen MR) is 134 cm³/mol. The van der Waals surface area contributed by atoms with Crippen LogP contribution >= 0.6 is 0 Å². The van der Waals surface area contributed by atoms with E-state index in [-0.39, 0.29) is 16.2 Å². The molecule has 0 spiro atoms. The molecule has 0 amide bonds. The first-order chi connectivity index (χ1) is 12.8. The molecule has 0 unspecified atom stereocenters. The normalized spacial score (nSPS) is 14.3. The minimum absolute atomic E-state index is 0.0372. The summed E-state index contributed by atoms with van der Waals surface area (Å²) in [7, 11) is 0. The molecule has 0 radical (unpaired) electrons. The summed E-state index contributed by atoms with van der Waals surface area (Å²) in [6, 6.07) is 4.89. The Balaban J connectivity index is 4.02. The number of benzene rings is 1. The van der Waals surface area contributed by atoms with Gasteiger partial charge >= 0.3 is 186 Å². The third-order valence-corrected chi connectivity index (χ3v) is 19.1. The van der Waals surface area contributed by atoms with Gasteiger partial charge in [0.05, 0.1) is 0 Å². The van der Waals surface area contributed by atoms with Gasteiger partial charge in [0.2, 0.25) is 0 Å². The quantitative estimate of drug-likeness (QED) is 0.396. The third-order valence-electron chi connectivity index (χ3n) is 6.56. The second kappa shape index (κ2) is 8.60. The van der Waals surface area contributed by atoms with Gasteiger partial charge in [0.25, 0.3) is 0 Å². The fourth-order valence-electron chi connectivity index (χ4n) is 4.82. The summed E-state index contributed by atoms with van der Waals surface area (Å²) in [5, 5.41) is 0. The van der Waals surface area contributed by atoms with Crippen molar-refractivity contribution in [2.45, 2.75) is 134 Å². The SMILES string of the molecule is C[CH](C)[Ge]([O]c1c(C(C)(C)C)cc(C(C)(C)C)cc1C(C)(C)C)([CH](C)C)[CH](C)C. The van der Waals surface area contributed by atoms with Crippen LogP contribution in [0.3, 0.4) is 0 Å². The maximum absolute atomic E-state index is 7.46. The fourth-order valence-corrected chi connectivity index (χ4v) is 15.9. The summed E-state index contributed by atoms with van der Waals surface area (Å²) in [5.41, 5.74) is 4.37. The van der Waals surface area contributed by atoms with E-state index in [1.807, 2.05) is 0 Å². The van der Waals surface area contributed by atoms with Crippen molar-refractivity contribution in [3.8, 4) is 5.75 Å².